The number of nitrogens with zero attached hydrogens (tertiary/aromatic N) is 1. The van der Waals surface area contributed by atoms with Crippen molar-refractivity contribution in [2.75, 3.05) is 6.61 Å². The molecule has 13 N–H and O–H groups in total. The van der Waals surface area contributed by atoms with Crippen molar-refractivity contribution < 1.29 is 53.7 Å². The number of imidazole rings is 1. The maximum atomic E-state index is 14.5. The largest absolute Gasteiger partial charge is 0.481 e. The Hall–Kier alpha value is -7.13. The third-order valence-corrected chi connectivity index (χ3v) is 10.8. The maximum Gasteiger partial charge on any atom is 0.326 e. The SMILES string of the molecule is CC[C@H](C)[C@H](NC(=O)[C@H](CC(=O)O)NC(=O)[C@@H](NC(=O)[C@@H](NC(=O)[C@H](Cc1c[nH]c2ccccc12)NC(=O)[C@H](Cc1cnc[nH]1)NC(=O)[C@@H](N)CO)C(C)(C)C)c1ccccc1)C(=O)O. The Kier molecular flexibility index (Phi) is 17.9. The number of fused-ring (bicyclic) bond motifs is 1. The van der Waals surface area contributed by atoms with E-state index in [4.69, 9.17) is 5.73 Å². The minimum Gasteiger partial charge on any atom is -0.481 e. The summed E-state index contributed by atoms with van der Waals surface area (Å²) in [5.74, 6) is -8.82. The number of aliphatic hydroxyl groups excluding tert-OH is 1. The van der Waals surface area contributed by atoms with Crippen molar-refractivity contribution >= 4 is 58.3 Å². The van der Waals surface area contributed by atoms with Gasteiger partial charge in [0.05, 0.1) is 19.4 Å². The molecule has 8 atom stereocenters. The second-order valence-electron chi connectivity index (χ2n) is 16.8. The van der Waals surface area contributed by atoms with Crippen molar-refractivity contribution in [2.24, 2.45) is 17.1 Å². The summed E-state index contributed by atoms with van der Waals surface area (Å²) in [6.45, 7) is 7.53. The predicted molar refractivity (Wildman–Crippen MR) is 235 cm³/mol. The number of nitrogens with two attached hydrogens (primary N) is 1. The highest BCUT2D eigenvalue weighted by Crippen LogP contribution is 2.24. The molecule has 4 aromatic rings. The van der Waals surface area contributed by atoms with Crippen LogP contribution in [0.4, 0.5) is 0 Å². The first-order valence-corrected chi connectivity index (χ1v) is 20.9. The number of H-pyrrole nitrogens is 2. The number of hydrogen-bond acceptors (Lipinski definition) is 11. The lowest BCUT2D eigenvalue weighted by Crippen LogP contribution is -2.61. The monoisotopic (exact) mass is 902 g/mol. The minimum atomic E-state index is -1.76. The second-order valence-corrected chi connectivity index (χ2v) is 16.8. The van der Waals surface area contributed by atoms with E-state index in [1.807, 2.05) is 18.2 Å². The summed E-state index contributed by atoms with van der Waals surface area (Å²) < 4.78 is 0. The molecule has 2 aromatic heterocycles. The van der Waals surface area contributed by atoms with Crippen LogP contribution in [0.5, 0.6) is 0 Å². The summed E-state index contributed by atoms with van der Waals surface area (Å²) in [6.07, 6.45) is 3.70. The lowest BCUT2D eigenvalue weighted by molar-refractivity contribution is -0.145. The predicted octanol–water partition coefficient (Wildman–Crippen LogP) is -0.0712. The number of aromatic nitrogens is 3. The summed E-state index contributed by atoms with van der Waals surface area (Å²) >= 11 is 0. The highest BCUT2D eigenvalue weighted by molar-refractivity contribution is 5.98. The fourth-order valence-corrected chi connectivity index (χ4v) is 6.85. The third kappa shape index (κ3) is 14.2. The zero-order valence-electron chi connectivity index (χ0n) is 36.7. The molecule has 350 valence electrons. The van der Waals surface area contributed by atoms with Gasteiger partial charge in [-0.15, -0.1) is 0 Å². The van der Waals surface area contributed by atoms with Crippen molar-refractivity contribution in [3.8, 4) is 0 Å². The molecule has 2 heterocycles. The molecule has 0 radical (unpaired) electrons. The Morgan fingerprint density at radius 2 is 1.32 bits per heavy atom. The van der Waals surface area contributed by atoms with Crippen LogP contribution in [-0.2, 0) is 51.2 Å². The van der Waals surface area contributed by atoms with Crippen LogP contribution in [-0.4, -0.2) is 121 Å². The first-order valence-electron chi connectivity index (χ1n) is 20.9. The second kappa shape index (κ2) is 23.0. The molecule has 0 fully saturated rings. The van der Waals surface area contributed by atoms with Gasteiger partial charge in [-0.05, 0) is 28.5 Å². The lowest BCUT2D eigenvalue weighted by Gasteiger charge is -2.33. The molecule has 21 heteroatoms. The van der Waals surface area contributed by atoms with E-state index in [1.54, 1.807) is 65.1 Å². The van der Waals surface area contributed by atoms with Crippen molar-refractivity contribution in [3.05, 3.63) is 90.1 Å². The van der Waals surface area contributed by atoms with E-state index >= 15 is 0 Å². The topological polar surface area (TPSA) is 340 Å². The molecule has 0 saturated heterocycles. The molecule has 0 aliphatic rings. The standard InChI is InChI=1S/C44H58N10O11/c1-6-23(2)34(43(64)65)52-39(60)32(18-33(56)57)51-41(62)35(24-12-8-7-9-13-24)53-42(63)36(44(3,4)5)54-40(61)30(16-25-19-47-29-15-11-10-14-27(25)29)50-38(59)31(17-26-20-46-22-48-26)49-37(58)28(45)21-55/h7-15,19-20,22-23,28,30-32,34-36,47,55H,6,16-18,21,45H2,1-5H3,(H,46,48)(H,49,58)(H,50,59)(H,51,62)(H,52,60)(H,53,63)(H,54,61)(H,56,57)(H,64,65)/t23-,28-,30-,31-,32-,34-,35-,36+/m0/s1. The number of nitrogens with one attached hydrogen (secondary N) is 8. The quantitative estimate of drug-likeness (QED) is 0.0465. The van der Waals surface area contributed by atoms with E-state index in [1.165, 1.54) is 24.7 Å². The summed E-state index contributed by atoms with van der Waals surface area (Å²) in [4.78, 5) is 117. The molecule has 6 amide bonds. The normalized spacial score (nSPS) is 15.1. The molecular formula is C44H58N10O11. The lowest BCUT2D eigenvalue weighted by atomic mass is 9.85. The van der Waals surface area contributed by atoms with Gasteiger partial charge < -0.3 is 62.9 Å². The van der Waals surface area contributed by atoms with Gasteiger partial charge in [0.25, 0.3) is 0 Å². The molecule has 0 aliphatic carbocycles. The number of aliphatic hydroxyl groups is 1. The molecule has 4 rings (SSSR count). The fraction of sp³-hybridized carbons (Fsp3) is 0.432. The van der Waals surface area contributed by atoms with Crippen molar-refractivity contribution in [2.45, 2.75) is 103 Å². The Bertz CT molecular complexity index is 2290. The van der Waals surface area contributed by atoms with Crippen LogP contribution in [0, 0.1) is 11.3 Å². The van der Waals surface area contributed by atoms with Crippen molar-refractivity contribution in [1.29, 1.82) is 0 Å². The van der Waals surface area contributed by atoms with Gasteiger partial charge >= 0.3 is 11.9 Å². The zero-order valence-corrected chi connectivity index (χ0v) is 36.7. The molecule has 21 nitrogen and oxygen atoms in total. The van der Waals surface area contributed by atoms with Crippen LogP contribution in [0.1, 0.15) is 70.3 Å². The average molecular weight is 903 g/mol. The summed E-state index contributed by atoms with van der Waals surface area (Å²) in [7, 11) is 0. The van der Waals surface area contributed by atoms with Gasteiger partial charge in [0.2, 0.25) is 35.4 Å². The number of benzene rings is 2. The first kappa shape index (κ1) is 50.5. The number of para-hydroxylation sites is 1. The van der Waals surface area contributed by atoms with Crippen LogP contribution in [0.2, 0.25) is 0 Å². The van der Waals surface area contributed by atoms with Gasteiger partial charge in [0.1, 0.15) is 42.3 Å². The Morgan fingerprint density at radius 1 is 0.723 bits per heavy atom. The zero-order chi connectivity index (χ0) is 48.0. The Morgan fingerprint density at radius 3 is 1.92 bits per heavy atom. The van der Waals surface area contributed by atoms with E-state index < -0.39 is 114 Å². The molecular weight excluding hydrogens is 845 g/mol. The number of carbonyl (C=O) groups excluding carboxylic acids is 6. The molecule has 0 spiro atoms. The number of amides is 6. The smallest absolute Gasteiger partial charge is 0.326 e. The van der Waals surface area contributed by atoms with E-state index in [9.17, 15) is 53.7 Å². The Balaban J connectivity index is 1.66. The molecule has 0 saturated carbocycles. The molecule has 0 aliphatic heterocycles. The third-order valence-electron chi connectivity index (χ3n) is 10.8. The fourth-order valence-electron chi connectivity index (χ4n) is 6.85. The number of carbonyl (C=O) groups is 8. The Labute approximate surface area is 374 Å². The van der Waals surface area contributed by atoms with Crippen LogP contribution < -0.4 is 37.6 Å². The summed E-state index contributed by atoms with van der Waals surface area (Å²) in [5.41, 5.74) is 6.69. The van der Waals surface area contributed by atoms with Gasteiger partial charge in [-0.3, -0.25) is 33.6 Å². The maximum absolute atomic E-state index is 14.5. The molecule has 2 aromatic carbocycles. The first-order chi connectivity index (χ1) is 30.7. The number of carboxylic acid groups (broad SMARTS) is 2. The van der Waals surface area contributed by atoms with Gasteiger partial charge in [-0.2, -0.15) is 0 Å². The van der Waals surface area contributed by atoms with Gasteiger partial charge in [-0.1, -0.05) is 89.6 Å². The van der Waals surface area contributed by atoms with E-state index in [2.05, 4.69) is 46.9 Å². The van der Waals surface area contributed by atoms with Crippen LogP contribution >= 0.6 is 0 Å². The average Bonchev–Trinajstić information content (AvgIpc) is 3.94. The van der Waals surface area contributed by atoms with E-state index in [-0.39, 0.29) is 18.4 Å². The van der Waals surface area contributed by atoms with E-state index in [0.717, 1.165) is 10.9 Å². The van der Waals surface area contributed by atoms with Crippen molar-refractivity contribution in [3.63, 3.8) is 0 Å². The van der Waals surface area contributed by atoms with Crippen molar-refractivity contribution in [1.82, 2.24) is 46.9 Å². The summed E-state index contributed by atoms with van der Waals surface area (Å²) in [5, 5.41) is 44.9. The number of rotatable bonds is 23. The highest BCUT2D eigenvalue weighted by atomic mass is 16.4. The van der Waals surface area contributed by atoms with Gasteiger partial charge in [-0.25, -0.2) is 9.78 Å². The number of hydrogen-bond donors (Lipinski definition) is 12. The van der Waals surface area contributed by atoms with Gasteiger partial charge in [0.15, 0.2) is 0 Å². The number of aromatic amines is 2. The number of carboxylic acids is 2. The molecule has 65 heavy (non-hydrogen) atoms. The number of aliphatic carboxylic acids is 2. The van der Waals surface area contributed by atoms with Crippen LogP contribution in [0.3, 0.4) is 0 Å². The minimum absolute atomic E-state index is 0.108. The summed E-state index contributed by atoms with van der Waals surface area (Å²) in [6, 6.07) is 4.85. The molecule has 0 unspecified atom stereocenters. The highest BCUT2D eigenvalue weighted by Gasteiger charge is 2.39. The van der Waals surface area contributed by atoms with E-state index in [0.29, 0.717) is 17.7 Å². The van der Waals surface area contributed by atoms with Gasteiger partial charge in [0, 0.05) is 41.8 Å². The van der Waals surface area contributed by atoms with Crippen LogP contribution in [0.25, 0.3) is 10.9 Å². The molecule has 0 bridgehead atoms. The van der Waals surface area contributed by atoms with Crippen LogP contribution in [0.15, 0.2) is 73.3 Å².